The Kier molecular flexibility index (Phi) is 14.1. The van der Waals surface area contributed by atoms with Gasteiger partial charge in [-0.05, 0) is 6.07 Å². The highest BCUT2D eigenvalue weighted by molar-refractivity contribution is 9.09. The number of hydrogen-bond acceptors (Lipinski definition) is 2. The Morgan fingerprint density at radius 3 is 0.922 bits per heavy atom. The zero-order chi connectivity index (χ0) is 48.0. The molecule has 0 aliphatic heterocycles. The van der Waals surface area contributed by atoms with Crippen LogP contribution in [0.15, 0.2) is 54.7 Å². The van der Waals surface area contributed by atoms with E-state index in [1.54, 1.807) is 35.0 Å². The predicted octanol–water partition coefficient (Wildman–Crippen LogP) is 8.28. The molecule has 0 saturated carbocycles. The second-order valence-electron chi connectivity index (χ2n) is 12.9. The average molecular weight is 998 g/mol. The van der Waals surface area contributed by atoms with Crippen molar-refractivity contribution in [2.45, 2.75) is 6.54 Å². The third-order valence-electron chi connectivity index (χ3n) is 9.46. The number of pyridine rings is 1. The molecule has 64 heavy (non-hydrogen) atoms. The Bertz CT molecular complexity index is 2520. The Labute approximate surface area is 351 Å². The Morgan fingerprint density at radius 1 is 0.375 bits per heavy atom. The Morgan fingerprint density at radius 2 is 0.641 bits per heavy atom. The molecule has 0 atom stereocenters. The topological polar surface area (TPSA) is 38.0 Å². The molecule has 1 aromatic heterocycles. The van der Waals surface area contributed by atoms with Crippen LogP contribution in [0.4, 0.5) is 87.8 Å². The molecule has 0 radical (unpaired) electrons. The maximum atomic E-state index is 15.4. The molecule has 336 valence electrons. The number of Topliss-reactive ketones (excluding diaryl/α,β-unsaturated/α-hetero) is 2. The molecule has 5 aromatic carbocycles. The van der Waals surface area contributed by atoms with Crippen LogP contribution in [0.3, 0.4) is 0 Å². The first-order chi connectivity index (χ1) is 29.9. The predicted molar refractivity (Wildman–Crippen MR) is 185 cm³/mol. The summed E-state index contributed by atoms with van der Waals surface area (Å²) in [4.78, 5) is 23.9. The highest BCUT2D eigenvalue weighted by Gasteiger charge is 2.52. The van der Waals surface area contributed by atoms with E-state index in [1.807, 2.05) is 24.3 Å². The van der Waals surface area contributed by atoms with Crippen LogP contribution >= 0.6 is 15.9 Å². The van der Waals surface area contributed by atoms with E-state index >= 15 is 35.1 Å². The average Bonchev–Trinajstić information content (AvgIpc) is 3.29. The van der Waals surface area contributed by atoms with Gasteiger partial charge < -0.3 is 0 Å². The SMILES string of the molecule is Fc1c(F)c(F)c([B-](c2c(F)c(F)c(F)c(F)c2F)(c2c(F)c(F)c(F)c(F)c2F)c2c(F)c(F)c(F)c(F)c2F)c(F)c1F.O=C(C[n+]1ccccc1C(=O)CBr)c1ccccc1. The van der Waals surface area contributed by atoms with Crippen LogP contribution in [0.1, 0.15) is 20.8 Å². The van der Waals surface area contributed by atoms with Crippen LogP contribution in [0.5, 0.6) is 0 Å². The number of nitrogens with zero attached hydrogens (tertiary/aromatic N) is 1. The minimum Gasteiger partial charge on any atom is -0.287 e. The standard InChI is InChI=1S/C24BF20.C15H13BrNO2/c26-5-1(6(27)14(35)21(42)13(5)34)25(2-7(28)15(36)22(43)16(37)8(2)29,3-9(30)17(38)23(44)18(39)10(3)31)4-11(32)19(40)24(45)20(41)12(4)33;16-10-14(18)13-8-4-5-9-17(13)11-15(19)12-6-2-1-3-7-12/h;1-9H,10-11H2/q-1;+1. The third kappa shape index (κ3) is 7.76. The lowest BCUT2D eigenvalue weighted by atomic mass is 9.12. The number of carbonyl (C=O) groups excluding carboxylic acids is 2. The number of carbonyl (C=O) groups is 2. The summed E-state index contributed by atoms with van der Waals surface area (Å²) < 4.78 is 296. The van der Waals surface area contributed by atoms with Crippen LogP contribution < -0.4 is 26.4 Å². The molecule has 0 bridgehead atoms. The van der Waals surface area contributed by atoms with E-state index in [2.05, 4.69) is 15.9 Å². The normalized spacial score (nSPS) is 11.5. The van der Waals surface area contributed by atoms with Gasteiger partial charge in [0, 0.05) is 17.7 Å². The largest absolute Gasteiger partial charge is 0.287 e. The van der Waals surface area contributed by atoms with Crippen LogP contribution in [0, 0.1) is 116 Å². The fourth-order valence-electron chi connectivity index (χ4n) is 6.68. The molecule has 0 aliphatic carbocycles. The quantitative estimate of drug-likeness (QED) is 0.0279. The molecular formula is C39H13BBrF20NO2. The summed E-state index contributed by atoms with van der Waals surface area (Å²) in [5, 5.41) is 0.247. The van der Waals surface area contributed by atoms with Gasteiger partial charge in [-0.3, -0.25) is 9.59 Å². The lowest BCUT2D eigenvalue weighted by molar-refractivity contribution is -0.685. The summed E-state index contributed by atoms with van der Waals surface area (Å²) >= 11 is 3.15. The van der Waals surface area contributed by atoms with Gasteiger partial charge in [-0.1, -0.05) is 46.3 Å². The van der Waals surface area contributed by atoms with Crippen molar-refractivity contribution in [3.8, 4) is 0 Å². The van der Waals surface area contributed by atoms with Crippen molar-refractivity contribution in [2.75, 3.05) is 5.33 Å². The molecule has 6 rings (SSSR count). The third-order valence-corrected chi connectivity index (χ3v) is 9.97. The maximum absolute atomic E-state index is 15.4. The fraction of sp³-hybridized carbons (Fsp3) is 0.0513. The van der Waals surface area contributed by atoms with Gasteiger partial charge >= 0.3 is 0 Å². The smallest absolute Gasteiger partial charge is 0.249 e. The van der Waals surface area contributed by atoms with Gasteiger partial charge in [-0.2, -0.15) is 4.57 Å². The number of ketones is 2. The molecule has 0 fully saturated rings. The molecule has 0 aliphatic rings. The molecule has 0 spiro atoms. The van der Waals surface area contributed by atoms with E-state index in [0.717, 1.165) is 0 Å². The van der Waals surface area contributed by atoms with Crippen molar-refractivity contribution in [3.05, 3.63) is 182 Å². The molecule has 25 heteroatoms. The van der Waals surface area contributed by atoms with E-state index in [4.69, 9.17) is 0 Å². The molecular weight excluding hydrogens is 985 g/mol. The second kappa shape index (κ2) is 18.5. The van der Waals surface area contributed by atoms with Crippen LogP contribution in [-0.4, -0.2) is 23.0 Å². The van der Waals surface area contributed by atoms with Gasteiger partial charge in [0.2, 0.25) is 23.8 Å². The lowest BCUT2D eigenvalue weighted by Crippen LogP contribution is -2.81. The van der Waals surface area contributed by atoms with Crippen molar-refractivity contribution in [1.82, 2.24) is 0 Å². The number of hydrogen-bond donors (Lipinski definition) is 0. The van der Waals surface area contributed by atoms with Gasteiger partial charge in [0.05, 0.1) is 5.33 Å². The zero-order valence-corrected chi connectivity index (χ0v) is 32.0. The maximum Gasteiger partial charge on any atom is 0.249 e. The molecule has 0 amide bonds. The first kappa shape index (κ1) is 48.8. The van der Waals surface area contributed by atoms with Gasteiger partial charge in [-0.25, -0.2) is 87.8 Å². The second-order valence-corrected chi connectivity index (χ2v) is 13.4. The summed E-state index contributed by atoms with van der Waals surface area (Å²) in [6, 6.07) is 14.4. The van der Waals surface area contributed by atoms with Crippen LogP contribution in [0.2, 0.25) is 0 Å². The highest BCUT2D eigenvalue weighted by atomic mass is 79.9. The molecule has 6 aromatic rings. The van der Waals surface area contributed by atoms with Crippen molar-refractivity contribution >= 4 is 55.5 Å². The van der Waals surface area contributed by atoms with E-state index in [-0.39, 0.29) is 23.4 Å². The minimum atomic E-state index is -7.22. The number of halogens is 21. The summed E-state index contributed by atoms with van der Waals surface area (Å²) in [6.07, 6.45) is -5.47. The van der Waals surface area contributed by atoms with E-state index in [1.165, 1.54) is 0 Å². The summed E-state index contributed by atoms with van der Waals surface area (Å²) in [7, 11) is 0. The Balaban J connectivity index is 0.000000337. The monoisotopic (exact) mass is 997 g/mol. The molecule has 0 unspecified atom stereocenters. The van der Waals surface area contributed by atoms with Crippen LogP contribution in [-0.2, 0) is 6.54 Å². The van der Waals surface area contributed by atoms with Crippen molar-refractivity contribution in [3.63, 3.8) is 0 Å². The van der Waals surface area contributed by atoms with Gasteiger partial charge in [0.15, 0.2) is 76.0 Å². The summed E-state index contributed by atoms with van der Waals surface area (Å²) in [6.45, 7) is 0.166. The Hall–Kier alpha value is -6.27. The zero-order valence-electron chi connectivity index (χ0n) is 30.4. The number of rotatable bonds is 9. The van der Waals surface area contributed by atoms with Crippen LogP contribution in [0.25, 0.3) is 0 Å². The number of alkyl halides is 1. The number of benzene rings is 5. The van der Waals surface area contributed by atoms with Gasteiger partial charge in [-0.15, -0.1) is 21.9 Å². The van der Waals surface area contributed by atoms with E-state index in [9.17, 15) is 62.3 Å². The molecule has 3 nitrogen and oxygen atoms in total. The lowest BCUT2D eigenvalue weighted by Gasteiger charge is -2.44. The summed E-state index contributed by atoms with van der Waals surface area (Å²) in [5.41, 5.74) is -13.1. The first-order valence-corrected chi connectivity index (χ1v) is 17.9. The van der Waals surface area contributed by atoms with Crippen molar-refractivity contribution in [1.29, 1.82) is 0 Å². The van der Waals surface area contributed by atoms with Crippen molar-refractivity contribution < 1.29 is 102 Å². The van der Waals surface area contributed by atoms with Gasteiger partial charge in [0.1, 0.15) is 52.7 Å². The van der Waals surface area contributed by atoms with Crippen molar-refractivity contribution in [2.24, 2.45) is 0 Å². The number of aromatic nitrogens is 1. The molecule has 1 heterocycles. The minimum absolute atomic E-state index is 0.0135. The molecule has 0 saturated heterocycles. The van der Waals surface area contributed by atoms with E-state index in [0.29, 0.717) is 11.3 Å². The van der Waals surface area contributed by atoms with E-state index < -0.39 is 144 Å². The summed E-state index contributed by atoms with van der Waals surface area (Å²) in [5.74, 6) is -71.5. The fourth-order valence-corrected chi connectivity index (χ4v) is 6.97. The van der Waals surface area contributed by atoms with Gasteiger partial charge in [0.25, 0.3) is 0 Å². The highest BCUT2D eigenvalue weighted by Crippen LogP contribution is 2.30. The molecule has 0 N–H and O–H groups in total. The first-order valence-electron chi connectivity index (χ1n) is 16.8.